The minimum Gasteiger partial charge on any atom is -0.389 e. The molecule has 0 heterocycles. The predicted molar refractivity (Wildman–Crippen MR) is 57.4 cm³/mol. The summed E-state index contributed by atoms with van der Waals surface area (Å²) in [4.78, 5) is 0. The first-order valence-corrected chi connectivity index (χ1v) is 4.27. The second-order valence-corrected chi connectivity index (χ2v) is 3.08. The number of alkyl halides is 1. The molecule has 0 radical (unpaired) electrons. The van der Waals surface area contributed by atoms with Gasteiger partial charge in [-0.25, -0.2) is 4.39 Å². The Morgan fingerprint density at radius 2 is 1.86 bits per heavy atom. The van der Waals surface area contributed by atoms with Gasteiger partial charge in [0.2, 0.25) is 0 Å². The van der Waals surface area contributed by atoms with Crippen molar-refractivity contribution >= 4 is 12.4 Å². The fraction of sp³-hybridized carbons (Fsp3) is 0.400. The molecule has 80 valence electrons. The van der Waals surface area contributed by atoms with Gasteiger partial charge in [0.1, 0.15) is 6.67 Å². The Hall–Kier alpha value is -0.640. The smallest absolute Gasteiger partial charge is 0.117 e. The van der Waals surface area contributed by atoms with Crippen LogP contribution in [0.5, 0.6) is 0 Å². The molecule has 4 heteroatoms. The highest BCUT2D eigenvalue weighted by molar-refractivity contribution is 5.85. The summed E-state index contributed by atoms with van der Waals surface area (Å²) >= 11 is 0. The Morgan fingerprint density at radius 1 is 1.29 bits per heavy atom. The van der Waals surface area contributed by atoms with Gasteiger partial charge >= 0.3 is 0 Å². The van der Waals surface area contributed by atoms with Crippen molar-refractivity contribution in [3.8, 4) is 0 Å². The Bertz CT molecular complexity index is 245. The summed E-state index contributed by atoms with van der Waals surface area (Å²) in [7, 11) is 0. The molecule has 1 aromatic rings. The minimum atomic E-state index is -1.06. The van der Waals surface area contributed by atoms with Crippen molar-refractivity contribution < 1.29 is 9.50 Å². The zero-order valence-corrected chi connectivity index (χ0v) is 8.58. The van der Waals surface area contributed by atoms with Crippen LogP contribution in [-0.2, 0) is 6.42 Å². The summed E-state index contributed by atoms with van der Waals surface area (Å²) in [6, 6.07) is 8.98. The molecule has 2 atom stereocenters. The van der Waals surface area contributed by atoms with Crippen molar-refractivity contribution in [2.24, 2.45) is 5.73 Å². The van der Waals surface area contributed by atoms with Gasteiger partial charge in [-0.2, -0.15) is 0 Å². The lowest BCUT2D eigenvalue weighted by molar-refractivity contribution is 0.113. The average molecular weight is 220 g/mol. The maximum Gasteiger partial charge on any atom is 0.117 e. The molecule has 1 aromatic carbocycles. The molecule has 0 bridgehead atoms. The first-order chi connectivity index (χ1) is 6.24. The first-order valence-electron chi connectivity index (χ1n) is 4.27. The molecule has 0 aliphatic carbocycles. The fourth-order valence-electron chi connectivity index (χ4n) is 1.14. The molecule has 0 saturated heterocycles. The number of hydrogen-bond donors (Lipinski definition) is 2. The molecule has 0 spiro atoms. The van der Waals surface area contributed by atoms with E-state index in [4.69, 9.17) is 10.8 Å². The molecule has 1 rings (SSSR count). The number of halogens is 2. The minimum absolute atomic E-state index is 0. The molecule has 14 heavy (non-hydrogen) atoms. The SMILES string of the molecule is Cl.NC(Cc1ccccc1)C(O)CF. The predicted octanol–water partition coefficient (Wildman–Crippen LogP) is 1.31. The third-order valence-corrected chi connectivity index (χ3v) is 1.97. The van der Waals surface area contributed by atoms with Crippen LogP contribution in [0.25, 0.3) is 0 Å². The van der Waals surface area contributed by atoms with Crippen molar-refractivity contribution in [3.63, 3.8) is 0 Å². The van der Waals surface area contributed by atoms with Crippen molar-refractivity contribution in [3.05, 3.63) is 35.9 Å². The fourth-order valence-corrected chi connectivity index (χ4v) is 1.14. The van der Waals surface area contributed by atoms with E-state index in [2.05, 4.69) is 0 Å². The van der Waals surface area contributed by atoms with Gasteiger partial charge in [-0.05, 0) is 12.0 Å². The summed E-state index contributed by atoms with van der Waals surface area (Å²) in [6.45, 7) is -0.784. The van der Waals surface area contributed by atoms with E-state index in [1.54, 1.807) is 0 Å². The Labute approximate surface area is 89.3 Å². The van der Waals surface area contributed by atoms with E-state index < -0.39 is 18.8 Å². The molecule has 0 aliphatic rings. The largest absolute Gasteiger partial charge is 0.389 e. The zero-order chi connectivity index (χ0) is 9.68. The van der Waals surface area contributed by atoms with Gasteiger partial charge in [0, 0.05) is 6.04 Å². The molecule has 2 nitrogen and oxygen atoms in total. The zero-order valence-electron chi connectivity index (χ0n) is 7.77. The maximum atomic E-state index is 12.0. The molecular weight excluding hydrogens is 205 g/mol. The van der Waals surface area contributed by atoms with Gasteiger partial charge in [-0.1, -0.05) is 30.3 Å². The van der Waals surface area contributed by atoms with Crippen LogP contribution >= 0.6 is 12.4 Å². The van der Waals surface area contributed by atoms with Crippen LogP contribution in [0.3, 0.4) is 0 Å². The highest BCUT2D eigenvalue weighted by atomic mass is 35.5. The molecule has 0 aromatic heterocycles. The Morgan fingerprint density at radius 3 is 2.36 bits per heavy atom. The van der Waals surface area contributed by atoms with E-state index in [1.807, 2.05) is 30.3 Å². The molecule has 0 fully saturated rings. The third kappa shape index (κ3) is 4.05. The topological polar surface area (TPSA) is 46.2 Å². The van der Waals surface area contributed by atoms with Crippen LogP contribution in [-0.4, -0.2) is 23.9 Å². The van der Waals surface area contributed by atoms with E-state index in [1.165, 1.54) is 0 Å². The molecule has 3 N–H and O–H groups in total. The summed E-state index contributed by atoms with van der Waals surface area (Å²) in [5, 5.41) is 9.09. The van der Waals surface area contributed by atoms with Crippen molar-refractivity contribution in [2.75, 3.05) is 6.67 Å². The quantitative estimate of drug-likeness (QED) is 0.802. The van der Waals surface area contributed by atoms with Crippen molar-refractivity contribution in [1.29, 1.82) is 0 Å². The number of aliphatic hydroxyl groups excluding tert-OH is 1. The highest BCUT2D eigenvalue weighted by Crippen LogP contribution is 2.04. The van der Waals surface area contributed by atoms with E-state index >= 15 is 0 Å². The number of nitrogens with two attached hydrogens (primary N) is 1. The molecule has 0 saturated carbocycles. The molecule has 0 amide bonds. The van der Waals surface area contributed by atoms with Gasteiger partial charge in [-0.15, -0.1) is 12.4 Å². The van der Waals surface area contributed by atoms with Crippen LogP contribution in [0.4, 0.5) is 4.39 Å². The lowest BCUT2D eigenvalue weighted by Crippen LogP contribution is -2.37. The molecule has 0 aliphatic heterocycles. The van der Waals surface area contributed by atoms with Gasteiger partial charge < -0.3 is 10.8 Å². The highest BCUT2D eigenvalue weighted by Gasteiger charge is 2.14. The van der Waals surface area contributed by atoms with Gasteiger partial charge in [-0.3, -0.25) is 0 Å². The lowest BCUT2D eigenvalue weighted by atomic mass is 10.0. The summed E-state index contributed by atoms with van der Waals surface area (Å²) in [5.41, 5.74) is 6.59. The van der Waals surface area contributed by atoms with E-state index in [9.17, 15) is 4.39 Å². The van der Waals surface area contributed by atoms with E-state index in [0.29, 0.717) is 6.42 Å². The van der Waals surface area contributed by atoms with Gasteiger partial charge in [0.25, 0.3) is 0 Å². The van der Waals surface area contributed by atoms with Gasteiger partial charge in [0.05, 0.1) is 6.10 Å². The van der Waals surface area contributed by atoms with Crippen LogP contribution in [0.15, 0.2) is 30.3 Å². The lowest BCUT2D eigenvalue weighted by Gasteiger charge is -2.15. The maximum absolute atomic E-state index is 12.0. The third-order valence-electron chi connectivity index (χ3n) is 1.97. The van der Waals surface area contributed by atoms with Crippen LogP contribution in [0.1, 0.15) is 5.56 Å². The monoisotopic (exact) mass is 219 g/mol. The Balaban J connectivity index is 0.00000169. The second-order valence-electron chi connectivity index (χ2n) is 3.08. The average Bonchev–Trinajstić information content (AvgIpc) is 2.18. The molecular formula is C10H15ClFNO. The van der Waals surface area contributed by atoms with E-state index in [-0.39, 0.29) is 12.4 Å². The van der Waals surface area contributed by atoms with Crippen LogP contribution < -0.4 is 5.73 Å². The van der Waals surface area contributed by atoms with Crippen LogP contribution in [0.2, 0.25) is 0 Å². The van der Waals surface area contributed by atoms with Gasteiger partial charge in [0.15, 0.2) is 0 Å². The van der Waals surface area contributed by atoms with Crippen LogP contribution in [0, 0.1) is 0 Å². The summed E-state index contributed by atoms with van der Waals surface area (Å²) < 4.78 is 12.0. The first kappa shape index (κ1) is 13.4. The number of hydrogen-bond acceptors (Lipinski definition) is 2. The summed E-state index contributed by atoms with van der Waals surface area (Å²) in [6.07, 6.45) is -0.549. The summed E-state index contributed by atoms with van der Waals surface area (Å²) in [5.74, 6) is 0. The normalized spacial score (nSPS) is 14.2. The van der Waals surface area contributed by atoms with Crippen molar-refractivity contribution in [1.82, 2.24) is 0 Å². The number of aliphatic hydroxyl groups is 1. The van der Waals surface area contributed by atoms with E-state index in [0.717, 1.165) is 5.56 Å². The van der Waals surface area contributed by atoms with Crippen molar-refractivity contribution in [2.45, 2.75) is 18.6 Å². The standard InChI is InChI=1S/C10H14FNO.ClH/c11-7-10(13)9(12)6-8-4-2-1-3-5-8;/h1-5,9-10,13H,6-7,12H2;1H. The Kier molecular flexibility index (Phi) is 6.45. The second kappa shape index (κ2) is 6.76. The molecule has 2 unspecified atom stereocenters. The number of rotatable bonds is 4. The number of benzene rings is 1.